The Labute approximate surface area is 120 Å². The molecule has 4 nitrogen and oxygen atoms in total. The second-order valence-corrected chi connectivity index (χ2v) is 6.42. The third-order valence-corrected chi connectivity index (χ3v) is 3.92. The summed E-state index contributed by atoms with van der Waals surface area (Å²) in [6.45, 7) is 4.19. The van der Waals surface area contributed by atoms with E-state index in [1.165, 1.54) is 5.56 Å². The van der Waals surface area contributed by atoms with Crippen molar-refractivity contribution in [2.75, 3.05) is 5.73 Å². The monoisotopic (exact) mass is 321 g/mol. The number of halogens is 1. The summed E-state index contributed by atoms with van der Waals surface area (Å²) in [6, 6.07) is 6.05. The van der Waals surface area contributed by atoms with Crippen molar-refractivity contribution in [1.82, 2.24) is 9.78 Å². The van der Waals surface area contributed by atoms with Gasteiger partial charge in [-0.2, -0.15) is 5.10 Å². The van der Waals surface area contributed by atoms with Crippen LogP contribution in [0.2, 0.25) is 0 Å². The maximum absolute atomic E-state index is 5.95. The van der Waals surface area contributed by atoms with Gasteiger partial charge in [0.15, 0.2) is 0 Å². The average Bonchev–Trinajstić information content (AvgIpc) is 2.79. The highest BCUT2D eigenvalue weighted by Gasteiger charge is 2.32. The van der Waals surface area contributed by atoms with Crippen molar-refractivity contribution < 1.29 is 4.74 Å². The molecule has 0 unspecified atom stereocenters. The SMILES string of the molecule is Cn1nc(-c2cc(Br)c3c(c2)CC(C)(C)O3)cc1N. The Hall–Kier alpha value is -1.49. The van der Waals surface area contributed by atoms with Gasteiger partial charge in [0, 0.05) is 25.1 Å². The molecule has 0 radical (unpaired) electrons. The zero-order valence-electron chi connectivity index (χ0n) is 11.2. The van der Waals surface area contributed by atoms with Crippen molar-refractivity contribution in [3.8, 4) is 17.0 Å². The molecule has 1 aromatic carbocycles. The van der Waals surface area contributed by atoms with Crippen molar-refractivity contribution in [3.05, 3.63) is 28.2 Å². The lowest BCUT2D eigenvalue weighted by molar-refractivity contribution is 0.137. The number of rotatable bonds is 1. The number of aryl methyl sites for hydroxylation is 1. The van der Waals surface area contributed by atoms with E-state index in [0.717, 1.165) is 27.9 Å². The van der Waals surface area contributed by atoms with E-state index in [9.17, 15) is 0 Å². The number of hydrogen-bond donors (Lipinski definition) is 1. The van der Waals surface area contributed by atoms with Crippen LogP contribution in [0.25, 0.3) is 11.3 Å². The Morgan fingerprint density at radius 1 is 1.37 bits per heavy atom. The van der Waals surface area contributed by atoms with Crippen LogP contribution in [-0.2, 0) is 13.5 Å². The molecule has 0 spiro atoms. The van der Waals surface area contributed by atoms with Crippen LogP contribution in [0.1, 0.15) is 19.4 Å². The number of nitrogens with two attached hydrogens (primary N) is 1. The molecule has 5 heteroatoms. The summed E-state index contributed by atoms with van der Waals surface area (Å²) in [6.07, 6.45) is 0.900. The van der Waals surface area contributed by atoms with Crippen LogP contribution in [0.15, 0.2) is 22.7 Å². The molecular weight excluding hydrogens is 306 g/mol. The standard InChI is InChI=1S/C14H16BrN3O/c1-14(2)7-9-4-8(5-10(15)13(9)19-14)11-6-12(16)18(3)17-11/h4-6H,7,16H2,1-3H3. The summed E-state index contributed by atoms with van der Waals surface area (Å²) in [5.41, 5.74) is 8.83. The first kappa shape index (κ1) is 12.5. The minimum atomic E-state index is -0.146. The molecule has 2 aromatic rings. The van der Waals surface area contributed by atoms with E-state index < -0.39 is 0 Å². The number of anilines is 1. The van der Waals surface area contributed by atoms with Crippen molar-refractivity contribution >= 4 is 21.7 Å². The predicted octanol–water partition coefficient (Wildman–Crippen LogP) is 3.15. The summed E-state index contributed by atoms with van der Waals surface area (Å²) >= 11 is 3.58. The zero-order valence-corrected chi connectivity index (χ0v) is 12.8. The van der Waals surface area contributed by atoms with Crippen LogP contribution in [-0.4, -0.2) is 15.4 Å². The largest absolute Gasteiger partial charge is 0.486 e. The van der Waals surface area contributed by atoms with Gasteiger partial charge in [0.1, 0.15) is 17.2 Å². The Morgan fingerprint density at radius 3 is 2.74 bits per heavy atom. The lowest BCUT2D eigenvalue weighted by atomic mass is 9.99. The molecule has 0 bridgehead atoms. The smallest absolute Gasteiger partial charge is 0.137 e. The van der Waals surface area contributed by atoms with Gasteiger partial charge in [0.2, 0.25) is 0 Å². The zero-order chi connectivity index (χ0) is 13.8. The summed E-state index contributed by atoms with van der Waals surface area (Å²) < 4.78 is 8.59. The second-order valence-electron chi connectivity index (χ2n) is 5.56. The third kappa shape index (κ3) is 2.12. The van der Waals surface area contributed by atoms with Crippen molar-refractivity contribution in [2.45, 2.75) is 25.9 Å². The molecule has 1 aromatic heterocycles. The number of hydrogen-bond acceptors (Lipinski definition) is 3. The summed E-state index contributed by atoms with van der Waals surface area (Å²) in [5.74, 6) is 1.60. The van der Waals surface area contributed by atoms with Gasteiger partial charge in [-0.05, 0) is 47.5 Å². The molecule has 3 rings (SSSR count). The molecule has 0 saturated heterocycles. The molecule has 2 N–H and O–H groups in total. The van der Waals surface area contributed by atoms with Gasteiger partial charge in [-0.25, -0.2) is 0 Å². The minimum Gasteiger partial charge on any atom is -0.486 e. The van der Waals surface area contributed by atoms with E-state index in [1.54, 1.807) is 4.68 Å². The van der Waals surface area contributed by atoms with Crippen LogP contribution in [0.5, 0.6) is 5.75 Å². The van der Waals surface area contributed by atoms with E-state index in [4.69, 9.17) is 10.5 Å². The number of benzene rings is 1. The molecule has 0 atom stereocenters. The molecule has 1 aliphatic rings. The summed E-state index contributed by atoms with van der Waals surface area (Å²) in [4.78, 5) is 0. The van der Waals surface area contributed by atoms with E-state index in [0.29, 0.717) is 5.82 Å². The lowest BCUT2D eigenvalue weighted by Crippen LogP contribution is -2.24. The fourth-order valence-electron chi connectivity index (χ4n) is 2.44. The van der Waals surface area contributed by atoms with Crippen molar-refractivity contribution in [3.63, 3.8) is 0 Å². The first-order chi connectivity index (χ1) is 8.85. The van der Waals surface area contributed by atoms with E-state index >= 15 is 0 Å². The fourth-order valence-corrected chi connectivity index (χ4v) is 3.02. The number of aromatic nitrogens is 2. The minimum absolute atomic E-state index is 0.146. The van der Waals surface area contributed by atoms with Gasteiger partial charge in [0.25, 0.3) is 0 Å². The fraction of sp³-hybridized carbons (Fsp3) is 0.357. The molecule has 0 aliphatic carbocycles. The van der Waals surface area contributed by atoms with Gasteiger partial charge in [0.05, 0.1) is 10.2 Å². The normalized spacial score (nSPS) is 16.2. The highest BCUT2D eigenvalue weighted by Crippen LogP contribution is 2.42. The van der Waals surface area contributed by atoms with E-state index in [-0.39, 0.29) is 5.60 Å². The first-order valence-electron chi connectivity index (χ1n) is 6.17. The molecule has 1 aliphatic heterocycles. The highest BCUT2D eigenvalue weighted by molar-refractivity contribution is 9.10. The van der Waals surface area contributed by atoms with Gasteiger partial charge in [-0.15, -0.1) is 0 Å². The van der Waals surface area contributed by atoms with Crippen LogP contribution in [0.4, 0.5) is 5.82 Å². The second kappa shape index (κ2) is 4.00. The molecule has 0 amide bonds. The topological polar surface area (TPSA) is 53.1 Å². The van der Waals surface area contributed by atoms with E-state index in [1.807, 2.05) is 19.2 Å². The molecule has 19 heavy (non-hydrogen) atoms. The number of ether oxygens (including phenoxy) is 1. The first-order valence-corrected chi connectivity index (χ1v) is 6.96. The van der Waals surface area contributed by atoms with Crippen LogP contribution in [0.3, 0.4) is 0 Å². The van der Waals surface area contributed by atoms with Crippen LogP contribution in [0, 0.1) is 0 Å². The van der Waals surface area contributed by atoms with Gasteiger partial charge in [-0.3, -0.25) is 4.68 Å². The number of nitrogen functional groups attached to an aromatic ring is 1. The van der Waals surface area contributed by atoms with Crippen molar-refractivity contribution in [1.29, 1.82) is 0 Å². The molecule has 0 saturated carbocycles. The maximum Gasteiger partial charge on any atom is 0.137 e. The Morgan fingerprint density at radius 2 is 2.11 bits per heavy atom. The third-order valence-electron chi connectivity index (χ3n) is 3.33. The van der Waals surface area contributed by atoms with Gasteiger partial charge < -0.3 is 10.5 Å². The van der Waals surface area contributed by atoms with Crippen molar-refractivity contribution in [2.24, 2.45) is 7.05 Å². The quantitative estimate of drug-likeness (QED) is 0.877. The molecule has 0 fully saturated rings. The Balaban J connectivity index is 2.09. The Kier molecular flexibility index (Phi) is 2.64. The van der Waals surface area contributed by atoms with Crippen LogP contribution < -0.4 is 10.5 Å². The number of fused-ring (bicyclic) bond motifs is 1. The van der Waals surface area contributed by atoms with Gasteiger partial charge in [-0.1, -0.05) is 0 Å². The average molecular weight is 322 g/mol. The lowest BCUT2D eigenvalue weighted by Gasteiger charge is -2.17. The molecule has 2 heterocycles. The number of nitrogens with zero attached hydrogens (tertiary/aromatic N) is 2. The Bertz CT molecular complexity index is 641. The highest BCUT2D eigenvalue weighted by atomic mass is 79.9. The maximum atomic E-state index is 5.95. The van der Waals surface area contributed by atoms with Gasteiger partial charge >= 0.3 is 0 Å². The van der Waals surface area contributed by atoms with E-state index in [2.05, 4.69) is 40.9 Å². The molecule has 100 valence electrons. The summed E-state index contributed by atoms with van der Waals surface area (Å²) in [7, 11) is 1.84. The predicted molar refractivity (Wildman–Crippen MR) is 79.2 cm³/mol. The summed E-state index contributed by atoms with van der Waals surface area (Å²) in [5, 5.41) is 4.41. The van der Waals surface area contributed by atoms with Crippen LogP contribution >= 0.6 is 15.9 Å². The molecular formula is C14H16BrN3O.